The first-order chi connectivity index (χ1) is 17.3. The van der Waals surface area contributed by atoms with Crippen LogP contribution in [-0.2, 0) is 16.1 Å². The van der Waals surface area contributed by atoms with Gasteiger partial charge in [-0.15, -0.1) is 0 Å². The highest BCUT2D eigenvalue weighted by Crippen LogP contribution is 2.38. The van der Waals surface area contributed by atoms with Crippen molar-refractivity contribution in [3.05, 3.63) is 53.1 Å². The molecule has 0 radical (unpaired) electrons. The first kappa shape index (κ1) is 25.1. The first-order valence-electron chi connectivity index (χ1n) is 12.4. The van der Waals surface area contributed by atoms with Crippen molar-refractivity contribution in [3.63, 3.8) is 0 Å². The molecule has 10 heteroatoms. The zero-order valence-electron chi connectivity index (χ0n) is 20.2. The second-order valence-corrected chi connectivity index (χ2v) is 9.94. The van der Waals surface area contributed by atoms with Crippen molar-refractivity contribution in [2.45, 2.75) is 76.5 Å². The number of fused-ring (bicyclic) bond motifs is 3. The lowest BCUT2D eigenvalue weighted by Crippen LogP contribution is -2.57. The minimum Gasteiger partial charge on any atom is -0.476 e. The number of ether oxygens (including phenoxy) is 2. The van der Waals surface area contributed by atoms with Crippen LogP contribution in [0.5, 0.6) is 0 Å². The van der Waals surface area contributed by atoms with Gasteiger partial charge in [0.25, 0.3) is 0 Å². The summed E-state index contributed by atoms with van der Waals surface area (Å²) < 4.78 is 65.3. The van der Waals surface area contributed by atoms with E-state index in [-0.39, 0.29) is 31.6 Å². The molecule has 36 heavy (non-hydrogen) atoms. The van der Waals surface area contributed by atoms with Crippen molar-refractivity contribution in [1.29, 1.82) is 0 Å². The number of aliphatic imine (C=N–C) groups is 2. The second kappa shape index (κ2) is 10.4. The van der Waals surface area contributed by atoms with Gasteiger partial charge in [-0.3, -0.25) is 14.9 Å². The number of pyridine rings is 1. The molecule has 0 N–H and O–H groups in total. The van der Waals surface area contributed by atoms with E-state index in [4.69, 9.17) is 9.47 Å². The molecule has 1 aliphatic carbocycles. The maximum absolute atomic E-state index is 14.5. The highest BCUT2D eigenvalue weighted by Gasteiger charge is 2.43. The standard InChI is InChI=1S/C26H30F4N4O2/c1-16-9-19(25-20(27)3-2-8-31-25)21(32-11-16)14-35-15-34-13-17-4-6-22(34)23(10-17)36-24-7-5-18(12-33-24)26(28,29)30/h2,8-9,11-12,17,20,22-23H,3-7,10,13-15H2,1H3. The zero-order chi connectivity index (χ0) is 25.3. The summed E-state index contributed by atoms with van der Waals surface area (Å²) in [7, 11) is 0. The van der Waals surface area contributed by atoms with Crippen LogP contribution in [0.3, 0.4) is 0 Å². The summed E-state index contributed by atoms with van der Waals surface area (Å²) >= 11 is 0. The molecule has 4 atom stereocenters. The summed E-state index contributed by atoms with van der Waals surface area (Å²) in [6.07, 6.45) is 3.58. The highest BCUT2D eigenvalue weighted by molar-refractivity contribution is 6.05. The lowest BCUT2D eigenvalue weighted by molar-refractivity contribution is -0.103. The first-order valence-corrected chi connectivity index (χ1v) is 12.4. The van der Waals surface area contributed by atoms with Crippen LogP contribution < -0.4 is 0 Å². The Labute approximate surface area is 207 Å². The Morgan fingerprint density at radius 2 is 2.03 bits per heavy atom. The van der Waals surface area contributed by atoms with Crippen molar-refractivity contribution in [2.75, 3.05) is 13.3 Å². The van der Waals surface area contributed by atoms with Gasteiger partial charge in [0.15, 0.2) is 5.90 Å². The van der Waals surface area contributed by atoms with Gasteiger partial charge in [-0.05, 0) is 50.2 Å². The van der Waals surface area contributed by atoms with Crippen LogP contribution in [0, 0.1) is 12.8 Å². The predicted octanol–water partition coefficient (Wildman–Crippen LogP) is 5.42. The van der Waals surface area contributed by atoms with Crippen molar-refractivity contribution in [3.8, 4) is 0 Å². The monoisotopic (exact) mass is 506 g/mol. The topological polar surface area (TPSA) is 59.3 Å². The Kier molecular flexibility index (Phi) is 7.25. The van der Waals surface area contributed by atoms with E-state index in [1.54, 1.807) is 18.5 Å². The Hall–Kier alpha value is -2.59. The molecule has 6 nitrogen and oxygen atoms in total. The molecule has 194 valence electrons. The van der Waals surface area contributed by atoms with Gasteiger partial charge in [0, 0.05) is 49.6 Å². The fraction of sp³-hybridized carbons (Fsp3) is 0.577. The molecule has 2 bridgehead atoms. The van der Waals surface area contributed by atoms with Crippen molar-refractivity contribution in [2.24, 2.45) is 15.9 Å². The number of hydrogen-bond acceptors (Lipinski definition) is 6. The lowest BCUT2D eigenvalue weighted by atomic mass is 9.78. The number of rotatable bonds is 6. The van der Waals surface area contributed by atoms with Gasteiger partial charge in [-0.2, -0.15) is 13.2 Å². The third-order valence-corrected chi connectivity index (χ3v) is 7.29. The average Bonchev–Trinajstić information content (AvgIpc) is 2.85. The number of aryl methyl sites for hydroxylation is 1. The van der Waals surface area contributed by atoms with Gasteiger partial charge in [0.2, 0.25) is 0 Å². The molecule has 4 aliphatic heterocycles. The molecule has 0 aromatic carbocycles. The molecule has 1 aromatic rings. The molecule has 5 heterocycles. The number of piperidine rings is 2. The zero-order valence-corrected chi connectivity index (χ0v) is 20.2. The Morgan fingerprint density at radius 3 is 2.75 bits per heavy atom. The average molecular weight is 507 g/mol. The molecule has 0 amide bonds. The van der Waals surface area contributed by atoms with Crippen LogP contribution in [0.4, 0.5) is 17.6 Å². The number of aromatic nitrogens is 1. The Morgan fingerprint density at radius 1 is 1.17 bits per heavy atom. The Bertz CT molecular complexity index is 1100. The number of nitrogens with zero attached hydrogens (tertiary/aromatic N) is 4. The second-order valence-electron chi connectivity index (χ2n) is 9.94. The van der Waals surface area contributed by atoms with E-state index in [0.717, 1.165) is 37.6 Å². The summed E-state index contributed by atoms with van der Waals surface area (Å²) in [5.74, 6) is 0.816. The lowest BCUT2D eigenvalue weighted by Gasteiger charge is -2.49. The van der Waals surface area contributed by atoms with Gasteiger partial charge in [-0.1, -0.05) is 6.08 Å². The maximum atomic E-state index is 14.5. The fourth-order valence-electron chi connectivity index (χ4n) is 5.46. The highest BCUT2D eigenvalue weighted by atomic mass is 19.4. The van der Waals surface area contributed by atoms with Crippen LogP contribution in [0.1, 0.15) is 55.3 Å². The van der Waals surface area contributed by atoms with Crippen molar-refractivity contribution in [1.82, 2.24) is 9.88 Å². The van der Waals surface area contributed by atoms with E-state index in [1.165, 1.54) is 0 Å². The van der Waals surface area contributed by atoms with E-state index in [9.17, 15) is 17.6 Å². The smallest absolute Gasteiger partial charge is 0.414 e. The molecular formula is C26H30F4N4O2. The van der Waals surface area contributed by atoms with Gasteiger partial charge < -0.3 is 9.47 Å². The van der Waals surface area contributed by atoms with Crippen molar-refractivity contribution < 1.29 is 27.0 Å². The quantitative estimate of drug-likeness (QED) is 0.484. The Balaban J connectivity index is 1.21. The molecule has 1 saturated carbocycles. The predicted molar refractivity (Wildman–Crippen MR) is 127 cm³/mol. The summed E-state index contributed by atoms with van der Waals surface area (Å²) in [4.78, 5) is 14.9. The molecule has 6 rings (SSSR count). The number of halogens is 4. The molecule has 2 saturated heterocycles. The van der Waals surface area contributed by atoms with Gasteiger partial charge in [0.1, 0.15) is 12.3 Å². The molecule has 0 spiro atoms. The summed E-state index contributed by atoms with van der Waals surface area (Å²) in [6.45, 7) is 3.39. The maximum Gasteiger partial charge on any atom is 0.414 e. The summed E-state index contributed by atoms with van der Waals surface area (Å²) in [6, 6.07) is 2.01. The third-order valence-electron chi connectivity index (χ3n) is 7.29. The van der Waals surface area contributed by atoms with Crippen LogP contribution in [0.25, 0.3) is 0 Å². The van der Waals surface area contributed by atoms with E-state index in [2.05, 4.69) is 19.9 Å². The molecule has 5 aliphatic rings. The molecule has 3 fully saturated rings. The summed E-state index contributed by atoms with van der Waals surface area (Å²) in [5.41, 5.74) is 2.02. The van der Waals surface area contributed by atoms with E-state index >= 15 is 0 Å². The number of alkyl halides is 4. The van der Waals surface area contributed by atoms with E-state index in [0.29, 0.717) is 41.9 Å². The molecule has 1 aromatic heterocycles. The number of hydrogen-bond donors (Lipinski definition) is 0. The van der Waals surface area contributed by atoms with Gasteiger partial charge >= 0.3 is 6.18 Å². The van der Waals surface area contributed by atoms with Crippen LogP contribution in [0.15, 0.2) is 46.3 Å². The normalized spacial score (nSPS) is 28.5. The molecular weight excluding hydrogens is 476 g/mol. The minimum atomic E-state index is -4.34. The largest absolute Gasteiger partial charge is 0.476 e. The van der Waals surface area contributed by atoms with Crippen molar-refractivity contribution >= 4 is 11.6 Å². The van der Waals surface area contributed by atoms with Crippen LogP contribution in [0.2, 0.25) is 0 Å². The summed E-state index contributed by atoms with van der Waals surface area (Å²) in [5, 5.41) is 0. The van der Waals surface area contributed by atoms with Crippen LogP contribution >= 0.6 is 0 Å². The SMILES string of the molecule is Cc1cnc(COCN2CC3CCC2C(OC2=NC=C(C(F)(F)F)CC2)C3)c(C2=NC=CCC2F)c1. The van der Waals surface area contributed by atoms with Gasteiger partial charge in [0.05, 0.1) is 30.3 Å². The fourth-order valence-corrected chi connectivity index (χ4v) is 5.46. The number of allylic oxidation sites excluding steroid dienone is 2. The van der Waals surface area contributed by atoms with Crippen LogP contribution in [-0.4, -0.2) is 59.3 Å². The minimum absolute atomic E-state index is 0.108. The van der Waals surface area contributed by atoms with E-state index < -0.39 is 17.9 Å². The third kappa shape index (κ3) is 5.54. The van der Waals surface area contributed by atoms with E-state index in [1.807, 2.05) is 13.0 Å². The van der Waals surface area contributed by atoms with Gasteiger partial charge in [-0.25, -0.2) is 9.38 Å². The molecule has 4 unspecified atom stereocenters.